The zero-order chi connectivity index (χ0) is 20.2. The van der Waals surface area contributed by atoms with Crippen molar-refractivity contribution in [1.29, 1.82) is 0 Å². The van der Waals surface area contributed by atoms with Crippen molar-refractivity contribution in [1.82, 2.24) is 14.8 Å². The molecule has 4 aromatic rings. The largest absolute Gasteiger partial charge is 0.469 e. The summed E-state index contributed by atoms with van der Waals surface area (Å²) >= 11 is 1.31. The van der Waals surface area contributed by atoms with E-state index in [0.717, 1.165) is 16.9 Å². The lowest BCUT2D eigenvalue weighted by atomic mass is 10.1. The minimum Gasteiger partial charge on any atom is -0.469 e. The first-order valence-corrected chi connectivity index (χ1v) is 10.0. The lowest BCUT2D eigenvalue weighted by Crippen LogP contribution is -2.07. The molecule has 0 fully saturated rings. The number of benzene rings is 2. The van der Waals surface area contributed by atoms with Crippen LogP contribution in [0.15, 0.2) is 76.5 Å². The normalized spacial score (nSPS) is 11.0. The maximum absolute atomic E-state index is 13.1. The van der Waals surface area contributed by atoms with Crippen LogP contribution in [0.3, 0.4) is 0 Å². The average molecular weight is 407 g/mol. The number of furan rings is 1. The Bertz CT molecular complexity index is 1120. The highest BCUT2D eigenvalue weighted by molar-refractivity contribution is 7.99. The van der Waals surface area contributed by atoms with Crippen LogP contribution >= 0.6 is 11.8 Å². The Labute approximate surface area is 171 Å². The molecule has 0 aliphatic carbocycles. The minimum atomic E-state index is -0.364. The number of halogens is 1. The molecule has 2 aromatic carbocycles. The molecule has 146 valence electrons. The van der Waals surface area contributed by atoms with Crippen LogP contribution in [0.25, 0.3) is 11.4 Å². The Kier molecular flexibility index (Phi) is 5.57. The van der Waals surface area contributed by atoms with E-state index in [0.29, 0.717) is 23.1 Å². The molecule has 0 spiro atoms. The van der Waals surface area contributed by atoms with Crippen molar-refractivity contribution >= 4 is 17.5 Å². The number of Topliss-reactive ketones (excluding diaryl/α,β-unsaturated/α-hetero) is 1. The van der Waals surface area contributed by atoms with E-state index in [1.807, 2.05) is 47.9 Å². The summed E-state index contributed by atoms with van der Waals surface area (Å²) in [6, 6.07) is 17.4. The van der Waals surface area contributed by atoms with Crippen molar-refractivity contribution in [3.63, 3.8) is 0 Å². The molecular formula is C22H18FN3O2S. The molecule has 0 radical (unpaired) electrons. The van der Waals surface area contributed by atoms with Gasteiger partial charge in [0, 0.05) is 5.56 Å². The van der Waals surface area contributed by atoms with Gasteiger partial charge in [0.25, 0.3) is 0 Å². The van der Waals surface area contributed by atoms with Gasteiger partial charge < -0.3 is 4.42 Å². The Morgan fingerprint density at radius 1 is 1.07 bits per heavy atom. The van der Waals surface area contributed by atoms with Crippen LogP contribution in [0.4, 0.5) is 4.39 Å². The van der Waals surface area contributed by atoms with Gasteiger partial charge >= 0.3 is 0 Å². The van der Waals surface area contributed by atoms with Crippen molar-refractivity contribution in [2.75, 3.05) is 5.75 Å². The molecule has 0 aliphatic rings. The third-order valence-electron chi connectivity index (χ3n) is 4.50. The van der Waals surface area contributed by atoms with E-state index in [4.69, 9.17) is 4.42 Å². The maximum atomic E-state index is 13.1. The number of carbonyl (C=O) groups excluding carboxylic acids is 1. The first-order valence-electron chi connectivity index (χ1n) is 9.05. The molecule has 2 aromatic heterocycles. The molecule has 0 atom stereocenters. The lowest BCUT2D eigenvalue weighted by Gasteiger charge is -2.10. The molecule has 4 rings (SSSR count). The highest BCUT2D eigenvalue weighted by Gasteiger charge is 2.19. The zero-order valence-electron chi connectivity index (χ0n) is 15.7. The second-order valence-electron chi connectivity index (χ2n) is 6.49. The van der Waals surface area contributed by atoms with Gasteiger partial charge in [-0.05, 0) is 42.8 Å². The molecule has 0 saturated heterocycles. The lowest BCUT2D eigenvalue weighted by molar-refractivity contribution is 0.102. The molecule has 0 aliphatic heterocycles. The predicted molar refractivity (Wildman–Crippen MR) is 109 cm³/mol. The highest BCUT2D eigenvalue weighted by Crippen LogP contribution is 2.28. The Morgan fingerprint density at radius 3 is 2.52 bits per heavy atom. The predicted octanol–water partition coefficient (Wildman–Crippen LogP) is 5.01. The molecule has 0 unspecified atom stereocenters. The second kappa shape index (κ2) is 8.45. The van der Waals surface area contributed by atoms with Crippen molar-refractivity contribution in [3.05, 3.63) is 89.6 Å². The van der Waals surface area contributed by atoms with Gasteiger partial charge in [0.15, 0.2) is 16.8 Å². The third kappa shape index (κ3) is 4.30. The average Bonchev–Trinajstić information content (AvgIpc) is 3.33. The van der Waals surface area contributed by atoms with Gasteiger partial charge in [-0.1, -0.05) is 42.1 Å². The third-order valence-corrected chi connectivity index (χ3v) is 5.47. The van der Waals surface area contributed by atoms with Gasteiger partial charge in [-0.15, -0.1) is 10.2 Å². The maximum Gasteiger partial charge on any atom is 0.192 e. The van der Waals surface area contributed by atoms with E-state index in [9.17, 15) is 9.18 Å². The van der Waals surface area contributed by atoms with Gasteiger partial charge in [0.2, 0.25) is 0 Å². The quantitative estimate of drug-likeness (QED) is 0.318. The molecule has 0 N–H and O–H groups in total. The van der Waals surface area contributed by atoms with Crippen LogP contribution < -0.4 is 0 Å². The van der Waals surface area contributed by atoms with Crippen LogP contribution in [0.1, 0.15) is 21.7 Å². The number of carbonyl (C=O) groups is 1. The van der Waals surface area contributed by atoms with E-state index in [-0.39, 0.29) is 17.4 Å². The number of hydrogen-bond acceptors (Lipinski definition) is 5. The number of aromatic nitrogens is 3. The molecule has 5 nitrogen and oxygen atoms in total. The monoisotopic (exact) mass is 407 g/mol. The van der Waals surface area contributed by atoms with E-state index in [1.165, 1.54) is 36.0 Å². The van der Waals surface area contributed by atoms with Gasteiger partial charge in [-0.25, -0.2) is 4.39 Å². The number of nitrogens with zero attached hydrogens (tertiary/aromatic N) is 3. The minimum absolute atomic E-state index is 0.0923. The van der Waals surface area contributed by atoms with Crippen molar-refractivity contribution in [3.8, 4) is 11.4 Å². The number of thioether (sulfide) groups is 1. The van der Waals surface area contributed by atoms with Crippen LogP contribution in [0.2, 0.25) is 0 Å². The van der Waals surface area contributed by atoms with Crippen LogP contribution in [0.5, 0.6) is 0 Å². The molecule has 0 amide bonds. The molecule has 7 heteroatoms. The van der Waals surface area contributed by atoms with Crippen molar-refractivity contribution in [2.24, 2.45) is 0 Å². The van der Waals surface area contributed by atoms with Gasteiger partial charge in [0.1, 0.15) is 11.6 Å². The molecular weight excluding hydrogens is 389 g/mol. The van der Waals surface area contributed by atoms with Crippen LogP contribution in [0, 0.1) is 12.7 Å². The highest BCUT2D eigenvalue weighted by atomic mass is 32.2. The van der Waals surface area contributed by atoms with Crippen LogP contribution in [-0.2, 0) is 6.54 Å². The summed E-state index contributed by atoms with van der Waals surface area (Å²) in [6.45, 7) is 2.45. The Balaban J connectivity index is 1.60. The van der Waals surface area contributed by atoms with E-state index < -0.39 is 0 Å². The van der Waals surface area contributed by atoms with Gasteiger partial charge in [-0.2, -0.15) is 0 Å². The summed E-state index contributed by atoms with van der Waals surface area (Å²) < 4.78 is 20.5. The fourth-order valence-electron chi connectivity index (χ4n) is 2.97. The zero-order valence-corrected chi connectivity index (χ0v) is 16.5. The molecule has 29 heavy (non-hydrogen) atoms. The van der Waals surface area contributed by atoms with Crippen molar-refractivity contribution < 1.29 is 13.6 Å². The fraction of sp³-hybridized carbons (Fsp3) is 0.136. The number of aryl methyl sites for hydroxylation is 1. The Hall–Kier alpha value is -3.19. The SMILES string of the molecule is Cc1occc1-c1nnc(SCC(=O)c2ccc(F)cc2)n1Cc1ccccc1. The molecule has 0 bridgehead atoms. The number of ketones is 1. The van der Waals surface area contributed by atoms with Gasteiger partial charge in [0.05, 0.1) is 24.1 Å². The first-order chi connectivity index (χ1) is 14.1. The smallest absolute Gasteiger partial charge is 0.192 e. The number of rotatable bonds is 7. The summed E-state index contributed by atoms with van der Waals surface area (Å²) in [5.41, 5.74) is 2.44. The summed E-state index contributed by atoms with van der Waals surface area (Å²) in [4.78, 5) is 12.5. The first kappa shape index (κ1) is 19.1. The molecule has 2 heterocycles. The van der Waals surface area contributed by atoms with E-state index in [2.05, 4.69) is 10.2 Å². The second-order valence-corrected chi connectivity index (χ2v) is 7.43. The number of hydrogen-bond donors (Lipinski definition) is 0. The fourth-order valence-corrected chi connectivity index (χ4v) is 3.80. The summed E-state index contributed by atoms with van der Waals surface area (Å²) in [6.07, 6.45) is 1.62. The van der Waals surface area contributed by atoms with E-state index in [1.54, 1.807) is 6.26 Å². The summed E-state index contributed by atoms with van der Waals surface area (Å²) in [5, 5.41) is 9.30. The molecule has 0 saturated carbocycles. The standard InChI is InChI=1S/C22H18FN3O2S/c1-15-19(11-12-28-15)21-24-25-22(26(21)13-16-5-3-2-4-6-16)29-14-20(27)17-7-9-18(23)10-8-17/h2-12H,13-14H2,1H3. The van der Waals surface area contributed by atoms with E-state index >= 15 is 0 Å². The topological polar surface area (TPSA) is 60.9 Å². The summed E-state index contributed by atoms with van der Waals surface area (Å²) in [5.74, 6) is 1.17. The van der Waals surface area contributed by atoms with Gasteiger partial charge in [-0.3, -0.25) is 9.36 Å². The van der Waals surface area contributed by atoms with Crippen molar-refractivity contribution in [2.45, 2.75) is 18.6 Å². The Morgan fingerprint density at radius 2 is 1.83 bits per heavy atom. The summed E-state index contributed by atoms with van der Waals surface area (Å²) in [7, 11) is 0. The van der Waals surface area contributed by atoms with Crippen LogP contribution in [-0.4, -0.2) is 26.3 Å².